The molecular formula is C26H32N4O4. The highest BCUT2D eigenvalue weighted by atomic mass is 16.6. The molecule has 2 aliphatic rings. The fourth-order valence-electron chi connectivity index (χ4n) is 4.80. The molecule has 2 aliphatic heterocycles. The van der Waals surface area contributed by atoms with Crippen LogP contribution in [-0.4, -0.2) is 60.5 Å². The van der Waals surface area contributed by atoms with Gasteiger partial charge in [0, 0.05) is 25.7 Å². The van der Waals surface area contributed by atoms with Crippen LogP contribution in [0, 0.1) is 6.92 Å². The van der Waals surface area contributed by atoms with Crippen molar-refractivity contribution in [3.05, 3.63) is 58.0 Å². The highest BCUT2D eigenvalue weighted by molar-refractivity contribution is 5.75. The fourth-order valence-corrected chi connectivity index (χ4v) is 4.80. The Morgan fingerprint density at radius 2 is 1.94 bits per heavy atom. The standard InChI is InChI=1S/C26H32N4O4/c1-18-3-4-21-22(13-18)30(25(31)17-28-21)10-9-29-7-5-20(6-8-29)27-16-19-14-23(32-2)26-24(15-19)33-11-12-34-26/h3-4,13-15,17,20,27H,5-12,16H2,1-2H3. The predicted molar refractivity (Wildman–Crippen MR) is 131 cm³/mol. The summed E-state index contributed by atoms with van der Waals surface area (Å²) < 4.78 is 18.8. The van der Waals surface area contributed by atoms with E-state index in [0.717, 1.165) is 72.7 Å². The zero-order chi connectivity index (χ0) is 23.5. The summed E-state index contributed by atoms with van der Waals surface area (Å²) in [6.07, 6.45) is 3.58. The van der Waals surface area contributed by atoms with Crippen molar-refractivity contribution in [1.29, 1.82) is 0 Å². The third kappa shape index (κ3) is 4.88. The van der Waals surface area contributed by atoms with Crippen LogP contribution in [0.4, 0.5) is 0 Å². The van der Waals surface area contributed by atoms with E-state index in [1.807, 2.05) is 41.8 Å². The molecule has 0 saturated carbocycles. The summed E-state index contributed by atoms with van der Waals surface area (Å²) in [6, 6.07) is 10.6. The van der Waals surface area contributed by atoms with E-state index in [0.29, 0.717) is 31.5 Å². The first-order chi connectivity index (χ1) is 16.6. The lowest BCUT2D eigenvalue weighted by atomic mass is 10.0. The second-order valence-electron chi connectivity index (χ2n) is 9.06. The molecule has 0 spiro atoms. The molecule has 0 atom stereocenters. The van der Waals surface area contributed by atoms with Gasteiger partial charge in [-0.3, -0.25) is 4.79 Å². The number of methoxy groups -OCH3 is 1. The van der Waals surface area contributed by atoms with Gasteiger partial charge in [-0.25, -0.2) is 4.98 Å². The summed E-state index contributed by atoms with van der Waals surface area (Å²) in [5.41, 5.74) is 4.01. The molecule has 0 bridgehead atoms. The van der Waals surface area contributed by atoms with Gasteiger partial charge in [0.15, 0.2) is 11.5 Å². The van der Waals surface area contributed by atoms with Crippen LogP contribution in [0.2, 0.25) is 0 Å². The van der Waals surface area contributed by atoms with Gasteiger partial charge in [-0.2, -0.15) is 0 Å². The average Bonchev–Trinajstić information content (AvgIpc) is 2.87. The van der Waals surface area contributed by atoms with E-state index in [1.54, 1.807) is 7.11 Å². The monoisotopic (exact) mass is 464 g/mol. The molecule has 0 amide bonds. The summed E-state index contributed by atoms with van der Waals surface area (Å²) in [5.74, 6) is 2.17. The van der Waals surface area contributed by atoms with Gasteiger partial charge in [-0.15, -0.1) is 0 Å². The molecule has 0 radical (unpaired) electrons. The number of nitrogens with one attached hydrogen (secondary N) is 1. The molecule has 5 rings (SSSR count). The van der Waals surface area contributed by atoms with Gasteiger partial charge in [-0.05, 0) is 68.2 Å². The van der Waals surface area contributed by atoms with Crippen LogP contribution in [0.5, 0.6) is 17.2 Å². The second kappa shape index (κ2) is 10.0. The first-order valence-corrected chi connectivity index (χ1v) is 12.0. The van der Waals surface area contributed by atoms with Crippen molar-refractivity contribution >= 4 is 11.0 Å². The highest BCUT2D eigenvalue weighted by Crippen LogP contribution is 2.40. The molecule has 34 heavy (non-hydrogen) atoms. The molecule has 0 unspecified atom stereocenters. The minimum Gasteiger partial charge on any atom is -0.493 e. The van der Waals surface area contributed by atoms with Crippen LogP contribution in [0.1, 0.15) is 24.0 Å². The number of hydrogen-bond acceptors (Lipinski definition) is 7. The third-order valence-corrected chi connectivity index (χ3v) is 6.71. The van der Waals surface area contributed by atoms with E-state index in [2.05, 4.69) is 15.2 Å². The largest absolute Gasteiger partial charge is 0.493 e. The number of hydrogen-bond donors (Lipinski definition) is 1. The van der Waals surface area contributed by atoms with Crippen LogP contribution >= 0.6 is 0 Å². The molecule has 3 aromatic rings. The molecule has 2 aromatic carbocycles. The smallest absolute Gasteiger partial charge is 0.269 e. The number of nitrogens with zero attached hydrogens (tertiary/aromatic N) is 3. The zero-order valence-corrected chi connectivity index (χ0v) is 19.9. The second-order valence-corrected chi connectivity index (χ2v) is 9.06. The first-order valence-electron chi connectivity index (χ1n) is 12.0. The predicted octanol–water partition coefficient (Wildman–Crippen LogP) is 2.74. The molecule has 180 valence electrons. The van der Waals surface area contributed by atoms with Crippen LogP contribution in [0.15, 0.2) is 41.3 Å². The Balaban J connectivity index is 1.14. The van der Waals surface area contributed by atoms with Gasteiger partial charge in [-0.1, -0.05) is 6.07 Å². The summed E-state index contributed by atoms with van der Waals surface area (Å²) in [4.78, 5) is 19.2. The van der Waals surface area contributed by atoms with E-state index in [4.69, 9.17) is 14.2 Å². The topological polar surface area (TPSA) is 77.9 Å². The lowest BCUT2D eigenvalue weighted by molar-refractivity contribution is 0.164. The number of likely N-dealkylation sites (tertiary alicyclic amines) is 1. The lowest BCUT2D eigenvalue weighted by Gasteiger charge is -2.32. The quantitative estimate of drug-likeness (QED) is 0.576. The number of fused-ring (bicyclic) bond motifs is 2. The van der Waals surface area contributed by atoms with Crippen LogP contribution in [0.25, 0.3) is 11.0 Å². The Bertz CT molecular complexity index is 1200. The number of piperidine rings is 1. The van der Waals surface area contributed by atoms with E-state index in [1.165, 1.54) is 6.20 Å². The van der Waals surface area contributed by atoms with Gasteiger partial charge in [0.1, 0.15) is 13.2 Å². The number of aromatic nitrogens is 2. The fraction of sp³-hybridized carbons (Fsp3) is 0.462. The first kappa shape index (κ1) is 22.7. The van der Waals surface area contributed by atoms with Gasteiger partial charge >= 0.3 is 0 Å². The molecule has 1 fully saturated rings. The SMILES string of the molecule is COc1cc(CNC2CCN(CCn3c(=O)cnc4ccc(C)cc43)CC2)cc2c1OCCO2. The van der Waals surface area contributed by atoms with Crippen LogP contribution < -0.4 is 25.1 Å². The van der Waals surface area contributed by atoms with Gasteiger partial charge in [0.25, 0.3) is 5.56 Å². The molecule has 1 aromatic heterocycles. The van der Waals surface area contributed by atoms with Gasteiger partial charge in [0.05, 0.1) is 24.3 Å². The minimum absolute atomic E-state index is 0.0375. The van der Waals surface area contributed by atoms with E-state index in [-0.39, 0.29) is 5.56 Å². The van der Waals surface area contributed by atoms with E-state index < -0.39 is 0 Å². The summed E-state index contributed by atoms with van der Waals surface area (Å²) in [7, 11) is 1.66. The van der Waals surface area contributed by atoms with Crippen molar-refractivity contribution < 1.29 is 14.2 Å². The number of ether oxygens (including phenoxy) is 3. The Hall–Kier alpha value is -3.10. The van der Waals surface area contributed by atoms with Crippen molar-refractivity contribution in [1.82, 2.24) is 19.8 Å². The van der Waals surface area contributed by atoms with Crippen molar-refractivity contribution in [2.24, 2.45) is 0 Å². The van der Waals surface area contributed by atoms with Crippen molar-refractivity contribution in [3.8, 4) is 17.2 Å². The van der Waals surface area contributed by atoms with E-state index >= 15 is 0 Å². The van der Waals surface area contributed by atoms with Crippen LogP contribution in [-0.2, 0) is 13.1 Å². The van der Waals surface area contributed by atoms with Crippen LogP contribution in [0.3, 0.4) is 0 Å². The zero-order valence-electron chi connectivity index (χ0n) is 19.9. The molecule has 3 heterocycles. The van der Waals surface area contributed by atoms with Gasteiger partial charge in [0.2, 0.25) is 5.75 Å². The Labute approximate surface area is 199 Å². The Morgan fingerprint density at radius 1 is 1.12 bits per heavy atom. The van der Waals surface area contributed by atoms with Crippen molar-refractivity contribution in [2.45, 2.75) is 38.9 Å². The maximum Gasteiger partial charge on any atom is 0.269 e. The summed E-state index contributed by atoms with van der Waals surface area (Å²) >= 11 is 0. The van der Waals surface area contributed by atoms with E-state index in [9.17, 15) is 4.79 Å². The number of rotatable bonds is 7. The summed E-state index contributed by atoms with van der Waals surface area (Å²) in [5, 5.41) is 3.69. The molecule has 8 heteroatoms. The minimum atomic E-state index is -0.0375. The molecule has 0 aliphatic carbocycles. The maximum absolute atomic E-state index is 12.5. The average molecular weight is 465 g/mol. The summed E-state index contributed by atoms with van der Waals surface area (Å²) in [6.45, 7) is 7.47. The lowest BCUT2D eigenvalue weighted by Crippen LogP contribution is -2.43. The Kier molecular flexibility index (Phi) is 6.69. The van der Waals surface area contributed by atoms with Crippen molar-refractivity contribution in [2.75, 3.05) is 40.0 Å². The molecule has 8 nitrogen and oxygen atoms in total. The Morgan fingerprint density at radius 3 is 2.76 bits per heavy atom. The maximum atomic E-state index is 12.5. The van der Waals surface area contributed by atoms with Gasteiger partial charge < -0.3 is 29.0 Å². The molecule has 1 saturated heterocycles. The normalized spacial score (nSPS) is 16.6. The highest BCUT2D eigenvalue weighted by Gasteiger charge is 2.21. The molecule has 1 N–H and O–H groups in total. The third-order valence-electron chi connectivity index (χ3n) is 6.71. The number of benzene rings is 2. The number of aryl methyl sites for hydroxylation is 1. The van der Waals surface area contributed by atoms with Crippen molar-refractivity contribution in [3.63, 3.8) is 0 Å². The molecular weight excluding hydrogens is 432 g/mol.